The van der Waals surface area contributed by atoms with Crippen LogP contribution in [0.3, 0.4) is 0 Å². The molecule has 2 rings (SSSR count). The standard InChI is InChI=1S/C19H32N2O2/c1-14(2)11-21-7-6-20(13-18(21)5-8-22)12-17-9-15(3)19(23)16(4)10-17/h9-10,14,18,22-23H,5-8,11-13H2,1-4H3/t18-/m0/s1. The second-order valence-electron chi connectivity index (χ2n) is 7.37. The van der Waals surface area contributed by atoms with Gasteiger partial charge in [-0.05, 0) is 42.9 Å². The van der Waals surface area contributed by atoms with Crippen LogP contribution in [0.5, 0.6) is 5.75 Å². The van der Waals surface area contributed by atoms with Crippen molar-refractivity contribution in [3.05, 3.63) is 28.8 Å². The molecule has 0 unspecified atom stereocenters. The topological polar surface area (TPSA) is 46.9 Å². The van der Waals surface area contributed by atoms with Crippen molar-refractivity contribution in [1.29, 1.82) is 0 Å². The van der Waals surface area contributed by atoms with Crippen LogP contribution in [-0.2, 0) is 6.54 Å². The largest absolute Gasteiger partial charge is 0.507 e. The fourth-order valence-corrected chi connectivity index (χ4v) is 3.63. The average molecular weight is 320 g/mol. The third-order valence-electron chi connectivity index (χ3n) is 4.71. The summed E-state index contributed by atoms with van der Waals surface area (Å²) in [6.07, 6.45) is 0.844. The minimum absolute atomic E-state index is 0.254. The zero-order chi connectivity index (χ0) is 17.0. The monoisotopic (exact) mass is 320 g/mol. The minimum Gasteiger partial charge on any atom is -0.507 e. The summed E-state index contributed by atoms with van der Waals surface area (Å²) in [5.41, 5.74) is 3.16. The highest BCUT2D eigenvalue weighted by molar-refractivity contribution is 5.42. The van der Waals surface area contributed by atoms with Crippen LogP contribution in [0.15, 0.2) is 12.1 Å². The predicted molar refractivity (Wildman–Crippen MR) is 94.8 cm³/mol. The molecule has 4 heteroatoms. The number of nitrogens with zero attached hydrogens (tertiary/aromatic N) is 2. The molecule has 2 N–H and O–H groups in total. The maximum Gasteiger partial charge on any atom is 0.121 e. The number of rotatable bonds is 6. The fraction of sp³-hybridized carbons (Fsp3) is 0.684. The van der Waals surface area contributed by atoms with Crippen LogP contribution in [-0.4, -0.2) is 58.8 Å². The van der Waals surface area contributed by atoms with Crippen LogP contribution in [0.1, 0.15) is 37.0 Å². The van der Waals surface area contributed by atoms with E-state index in [1.807, 2.05) is 13.8 Å². The molecule has 1 aliphatic rings. The Morgan fingerprint density at radius 3 is 2.39 bits per heavy atom. The lowest BCUT2D eigenvalue weighted by Crippen LogP contribution is -2.53. The molecule has 0 aliphatic carbocycles. The molecule has 1 atom stereocenters. The molecule has 1 aliphatic heterocycles. The molecule has 0 radical (unpaired) electrons. The van der Waals surface area contributed by atoms with E-state index in [1.165, 1.54) is 5.56 Å². The molecular weight excluding hydrogens is 288 g/mol. The first-order valence-electron chi connectivity index (χ1n) is 8.77. The molecule has 1 heterocycles. The van der Waals surface area contributed by atoms with Gasteiger partial charge in [-0.2, -0.15) is 0 Å². The van der Waals surface area contributed by atoms with E-state index in [0.29, 0.717) is 17.7 Å². The summed E-state index contributed by atoms with van der Waals surface area (Å²) in [5.74, 6) is 1.07. The van der Waals surface area contributed by atoms with Crippen molar-refractivity contribution in [3.8, 4) is 5.75 Å². The first kappa shape index (κ1) is 18.2. The quantitative estimate of drug-likeness (QED) is 0.845. The van der Waals surface area contributed by atoms with Gasteiger partial charge in [-0.1, -0.05) is 26.0 Å². The predicted octanol–water partition coefficient (Wildman–Crippen LogP) is 2.53. The molecule has 1 aromatic carbocycles. The van der Waals surface area contributed by atoms with Crippen molar-refractivity contribution >= 4 is 0 Å². The Kier molecular flexibility index (Phi) is 6.45. The molecule has 4 nitrogen and oxygen atoms in total. The molecule has 1 aromatic rings. The van der Waals surface area contributed by atoms with Crippen molar-refractivity contribution in [2.24, 2.45) is 5.92 Å². The molecule has 23 heavy (non-hydrogen) atoms. The second-order valence-corrected chi connectivity index (χ2v) is 7.37. The smallest absolute Gasteiger partial charge is 0.121 e. The summed E-state index contributed by atoms with van der Waals surface area (Å²) in [5, 5.41) is 19.3. The summed E-state index contributed by atoms with van der Waals surface area (Å²) in [4.78, 5) is 5.01. The second kappa shape index (κ2) is 8.13. The molecule has 0 aromatic heterocycles. The van der Waals surface area contributed by atoms with Gasteiger partial charge in [-0.25, -0.2) is 0 Å². The first-order valence-corrected chi connectivity index (χ1v) is 8.77. The average Bonchev–Trinajstić information content (AvgIpc) is 2.47. The van der Waals surface area contributed by atoms with Gasteiger partial charge in [0.05, 0.1) is 0 Å². The first-order chi connectivity index (χ1) is 10.9. The molecule has 130 valence electrons. The van der Waals surface area contributed by atoms with Gasteiger partial charge in [-0.3, -0.25) is 9.80 Å². The highest BCUT2D eigenvalue weighted by Gasteiger charge is 2.27. The Balaban J connectivity index is 2.02. The van der Waals surface area contributed by atoms with Crippen molar-refractivity contribution in [1.82, 2.24) is 9.80 Å². The van der Waals surface area contributed by atoms with Gasteiger partial charge in [0.15, 0.2) is 0 Å². The number of benzene rings is 1. The summed E-state index contributed by atoms with van der Waals surface area (Å²) in [7, 11) is 0. The van der Waals surface area contributed by atoms with Crippen LogP contribution < -0.4 is 0 Å². The third-order valence-corrected chi connectivity index (χ3v) is 4.71. The van der Waals surface area contributed by atoms with Crippen LogP contribution >= 0.6 is 0 Å². The van der Waals surface area contributed by atoms with E-state index in [0.717, 1.165) is 50.3 Å². The number of phenolic OH excluding ortho intramolecular Hbond substituents is 1. The van der Waals surface area contributed by atoms with Gasteiger partial charge in [0.25, 0.3) is 0 Å². The van der Waals surface area contributed by atoms with E-state index < -0.39 is 0 Å². The van der Waals surface area contributed by atoms with Crippen molar-refractivity contribution in [2.45, 2.75) is 46.7 Å². The lowest BCUT2D eigenvalue weighted by atomic mass is 10.0. The number of aryl methyl sites for hydroxylation is 2. The van der Waals surface area contributed by atoms with E-state index in [1.54, 1.807) is 0 Å². The van der Waals surface area contributed by atoms with Crippen molar-refractivity contribution in [3.63, 3.8) is 0 Å². The van der Waals surface area contributed by atoms with Gasteiger partial charge >= 0.3 is 0 Å². The number of hydrogen-bond donors (Lipinski definition) is 2. The number of piperazine rings is 1. The van der Waals surface area contributed by atoms with Crippen LogP contribution in [0.4, 0.5) is 0 Å². The molecule has 1 fully saturated rings. The Morgan fingerprint density at radius 1 is 1.17 bits per heavy atom. The summed E-state index contributed by atoms with van der Waals surface area (Å²) in [6.45, 7) is 13.8. The van der Waals surface area contributed by atoms with Crippen LogP contribution in [0.2, 0.25) is 0 Å². The van der Waals surface area contributed by atoms with Crippen molar-refractivity contribution < 1.29 is 10.2 Å². The lowest BCUT2D eigenvalue weighted by Gasteiger charge is -2.42. The SMILES string of the molecule is Cc1cc(CN2CCN(CC(C)C)[C@@H](CCO)C2)cc(C)c1O. The molecule has 0 saturated carbocycles. The molecular formula is C19H32N2O2. The highest BCUT2D eigenvalue weighted by Crippen LogP contribution is 2.24. The minimum atomic E-state index is 0.254. The van der Waals surface area contributed by atoms with Gasteiger partial charge in [0, 0.05) is 45.4 Å². The van der Waals surface area contributed by atoms with Gasteiger partial charge in [0.1, 0.15) is 5.75 Å². The molecule has 0 spiro atoms. The highest BCUT2D eigenvalue weighted by atomic mass is 16.3. The Morgan fingerprint density at radius 2 is 1.83 bits per heavy atom. The maximum atomic E-state index is 9.92. The third kappa shape index (κ3) is 4.93. The summed E-state index contributed by atoms with van der Waals surface area (Å²) < 4.78 is 0. The van der Waals surface area contributed by atoms with E-state index in [-0.39, 0.29) is 6.61 Å². The fourth-order valence-electron chi connectivity index (χ4n) is 3.63. The molecule has 0 bridgehead atoms. The Hall–Kier alpha value is -1.10. The Labute approximate surface area is 140 Å². The number of hydrogen-bond acceptors (Lipinski definition) is 4. The number of phenols is 1. The zero-order valence-electron chi connectivity index (χ0n) is 15.0. The van der Waals surface area contributed by atoms with Gasteiger partial charge in [-0.15, -0.1) is 0 Å². The maximum absolute atomic E-state index is 9.92. The number of aliphatic hydroxyl groups excluding tert-OH is 1. The van der Waals surface area contributed by atoms with Gasteiger partial charge < -0.3 is 10.2 Å². The van der Waals surface area contributed by atoms with E-state index in [9.17, 15) is 10.2 Å². The summed E-state index contributed by atoms with van der Waals surface area (Å²) >= 11 is 0. The van der Waals surface area contributed by atoms with Crippen LogP contribution in [0, 0.1) is 19.8 Å². The molecule has 0 amide bonds. The van der Waals surface area contributed by atoms with Crippen molar-refractivity contribution in [2.75, 3.05) is 32.8 Å². The molecule has 1 saturated heterocycles. The van der Waals surface area contributed by atoms with E-state index >= 15 is 0 Å². The van der Waals surface area contributed by atoms with Crippen LogP contribution in [0.25, 0.3) is 0 Å². The van der Waals surface area contributed by atoms with E-state index in [2.05, 4.69) is 35.8 Å². The zero-order valence-corrected chi connectivity index (χ0v) is 15.0. The summed E-state index contributed by atoms with van der Waals surface area (Å²) in [6, 6.07) is 4.61. The lowest BCUT2D eigenvalue weighted by molar-refractivity contribution is 0.0477. The number of aliphatic hydroxyl groups is 1. The Bertz CT molecular complexity index is 493. The van der Waals surface area contributed by atoms with Gasteiger partial charge in [0.2, 0.25) is 0 Å². The normalized spacial score (nSPS) is 20.3. The van der Waals surface area contributed by atoms with E-state index in [4.69, 9.17) is 0 Å². The number of aromatic hydroxyl groups is 1.